The summed E-state index contributed by atoms with van der Waals surface area (Å²) in [5.41, 5.74) is 1.59. The van der Waals surface area contributed by atoms with Crippen LogP contribution in [0.25, 0.3) is 0 Å². The zero-order valence-corrected chi connectivity index (χ0v) is 14.0. The normalized spacial score (nSPS) is 18.0. The highest BCUT2D eigenvalue weighted by Gasteiger charge is 2.23. The summed E-state index contributed by atoms with van der Waals surface area (Å²) in [6.45, 7) is 6.24. The number of phenolic OH excluding ortho intramolecular Hbond substituents is 1. The van der Waals surface area contributed by atoms with E-state index >= 15 is 0 Å². The number of hydrogen-bond acceptors (Lipinski definition) is 4. The second kappa shape index (κ2) is 7.49. The number of benzene rings is 1. The van der Waals surface area contributed by atoms with Gasteiger partial charge in [-0.2, -0.15) is 5.10 Å². The highest BCUT2D eigenvalue weighted by Crippen LogP contribution is 2.20. The second-order valence-electron chi connectivity index (χ2n) is 6.33. The van der Waals surface area contributed by atoms with Crippen molar-refractivity contribution in [2.24, 2.45) is 5.92 Å². The lowest BCUT2D eigenvalue weighted by atomic mass is 10.1. The van der Waals surface area contributed by atoms with Gasteiger partial charge in [0.05, 0.1) is 0 Å². The van der Waals surface area contributed by atoms with Crippen molar-refractivity contribution in [1.82, 2.24) is 20.0 Å². The van der Waals surface area contributed by atoms with Gasteiger partial charge in [0, 0.05) is 32.4 Å². The summed E-state index contributed by atoms with van der Waals surface area (Å²) in [6.07, 6.45) is 2.89. The van der Waals surface area contributed by atoms with Gasteiger partial charge in [0.25, 0.3) is 5.91 Å². The van der Waals surface area contributed by atoms with E-state index in [1.165, 1.54) is 0 Å². The van der Waals surface area contributed by atoms with Crippen molar-refractivity contribution in [1.29, 1.82) is 0 Å². The van der Waals surface area contributed by atoms with E-state index in [-0.39, 0.29) is 5.91 Å². The molecule has 3 rings (SSSR count). The molecule has 1 fully saturated rings. The molecule has 1 aromatic carbocycles. The summed E-state index contributed by atoms with van der Waals surface area (Å²) in [5, 5.41) is 16.8. The molecule has 6 heteroatoms. The Labute approximate surface area is 142 Å². The first-order valence-electron chi connectivity index (χ1n) is 8.46. The van der Waals surface area contributed by atoms with Crippen molar-refractivity contribution in [2.75, 3.05) is 19.6 Å². The third-order valence-corrected chi connectivity index (χ3v) is 4.44. The summed E-state index contributed by atoms with van der Waals surface area (Å²) in [7, 11) is 0. The first-order chi connectivity index (χ1) is 11.6. The SMILES string of the molecule is CCn1ccc(C(=O)NC[C@H]2CCN(Cc3cccc(O)c3)C2)n1. The van der Waals surface area contributed by atoms with Crippen molar-refractivity contribution < 1.29 is 9.90 Å². The molecule has 0 unspecified atom stereocenters. The molecule has 0 bridgehead atoms. The fraction of sp³-hybridized carbons (Fsp3) is 0.444. The molecule has 1 saturated heterocycles. The van der Waals surface area contributed by atoms with Crippen LogP contribution >= 0.6 is 0 Å². The zero-order valence-electron chi connectivity index (χ0n) is 14.0. The van der Waals surface area contributed by atoms with Gasteiger partial charge in [-0.1, -0.05) is 12.1 Å². The van der Waals surface area contributed by atoms with Crippen LogP contribution in [0.5, 0.6) is 5.75 Å². The maximum atomic E-state index is 12.1. The molecule has 6 nitrogen and oxygen atoms in total. The predicted octanol–water partition coefficient (Wildman–Crippen LogP) is 1.86. The number of aromatic nitrogens is 2. The number of aryl methyl sites for hydroxylation is 1. The first-order valence-corrected chi connectivity index (χ1v) is 8.46. The minimum Gasteiger partial charge on any atom is -0.508 e. The van der Waals surface area contributed by atoms with Gasteiger partial charge < -0.3 is 10.4 Å². The Morgan fingerprint density at radius 1 is 1.42 bits per heavy atom. The average Bonchev–Trinajstić information content (AvgIpc) is 3.22. The van der Waals surface area contributed by atoms with Crippen LogP contribution in [-0.4, -0.2) is 45.3 Å². The van der Waals surface area contributed by atoms with E-state index in [1.54, 1.807) is 22.9 Å². The molecule has 0 radical (unpaired) electrons. The fourth-order valence-corrected chi connectivity index (χ4v) is 3.12. The van der Waals surface area contributed by atoms with Gasteiger partial charge in [0.2, 0.25) is 0 Å². The maximum absolute atomic E-state index is 12.1. The van der Waals surface area contributed by atoms with Crippen LogP contribution in [0.3, 0.4) is 0 Å². The Morgan fingerprint density at radius 3 is 3.04 bits per heavy atom. The lowest BCUT2D eigenvalue weighted by Gasteiger charge is -2.16. The van der Waals surface area contributed by atoms with Crippen molar-refractivity contribution in [3.8, 4) is 5.75 Å². The third kappa shape index (κ3) is 4.14. The topological polar surface area (TPSA) is 70.4 Å². The number of phenols is 1. The van der Waals surface area contributed by atoms with Crippen molar-refractivity contribution in [3.05, 3.63) is 47.8 Å². The minimum absolute atomic E-state index is 0.103. The van der Waals surface area contributed by atoms with E-state index in [9.17, 15) is 9.90 Å². The number of nitrogens with zero attached hydrogens (tertiary/aromatic N) is 3. The standard InChI is InChI=1S/C18H24N4O2/c1-2-22-9-7-17(20-22)18(24)19-11-15-6-8-21(13-15)12-14-4-3-5-16(23)10-14/h3-5,7,9-10,15,23H,2,6,8,11-13H2,1H3,(H,19,24)/t15-/m1/s1. The largest absolute Gasteiger partial charge is 0.508 e. The van der Waals surface area contributed by atoms with Gasteiger partial charge in [-0.25, -0.2) is 0 Å². The molecular formula is C18H24N4O2. The molecule has 2 N–H and O–H groups in total. The number of amides is 1. The summed E-state index contributed by atoms with van der Waals surface area (Å²) in [4.78, 5) is 14.5. The molecule has 128 valence electrons. The molecule has 1 aromatic heterocycles. The number of nitrogens with one attached hydrogen (secondary N) is 1. The average molecular weight is 328 g/mol. The quantitative estimate of drug-likeness (QED) is 0.849. The molecule has 1 aliphatic heterocycles. The van der Waals surface area contributed by atoms with Crippen LogP contribution in [0.15, 0.2) is 36.5 Å². The predicted molar refractivity (Wildman–Crippen MR) is 91.7 cm³/mol. The van der Waals surface area contributed by atoms with Gasteiger partial charge in [0.15, 0.2) is 0 Å². The van der Waals surface area contributed by atoms with E-state index < -0.39 is 0 Å². The summed E-state index contributed by atoms with van der Waals surface area (Å²) >= 11 is 0. The van der Waals surface area contributed by atoms with Crippen LogP contribution in [0.2, 0.25) is 0 Å². The Balaban J connectivity index is 1.45. The number of hydrogen-bond donors (Lipinski definition) is 2. The van der Waals surface area contributed by atoms with E-state index in [2.05, 4.69) is 15.3 Å². The molecule has 0 spiro atoms. The molecule has 1 atom stereocenters. The number of carbonyl (C=O) groups excluding carboxylic acids is 1. The molecule has 24 heavy (non-hydrogen) atoms. The van der Waals surface area contributed by atoms with Crippen molar-refractivity contribution >= 4 is 5.91 Å². The smallest absolute Gasteiger partial charge is 0.271 e. The molecule has 1 aliphatic rings. The summed E-state index contributed by atoms with van der Waals surface area (Å²) < 4.78 is 1.75. The number of carbonyl (C=O) groups is 1. The second-order valence-corrected chi connectivity index (χ2v) is 6.33. The first kappa shape index (κ1) is 16.5. The van der Waals surface area contributed by atoms with Gasteiger partial charge in [-0.3, -0.25) is 14.4 Å². The van der Waals surface area contributed by atoms with Crippen LogP contribution in [0, 0.1) is 5.92 Å². The van der Waals surface area contributed by atoms with Crippen LogP contribution in [-0.2, 0) is 13.1 Å². The molecule has 2 aromatic rings. The highest BCUT2D eigenvalue weighted by molar-refractivity contribution is 5.92. The van der Waals surface area contributed by atoms with Crippen molar-refractivity contribution in [3.63, 3.8) is 0 Å². The zero-order chi connectivity index (χ0) is 16.9. The van der Waals surface area contributed by atoms with E-state index in [4.69, 9.17) is 0 Å². The van der Waals surface area contributed by atoms with Gasteiger partial charge in [-0.15, -0.1) is 0 Å². The van der Waals surface area contributed by atoms with Gasteiger partial charge in [-0.05, 0) is 49.6 Å². The number of likely N-dealkylation sites (tertiary alicyclic amines) is 1. The molecule has 0 aliphatic carbocycles. The third-order valence-electron chi connectivity index (χ3n) is 4.44. The monoisotopic (exact) mass is 328 g/mol. The minimum atomic E-state index is -0.103. The van der Waals surface area contributed by atoms with Crippen LogP contribution < -0.4 is 5.32 Å². The Kier molecular flexibility index (Phi) is 5.15. The lowest BCUT2D eigenvalue weighted by molar-refractivity contribution is 0.0941. The molecular weight excluding hydrogens is 304 g/mol. The summed E-state index contributed by atoms with van der Waals surface area (Å²) in [6, 6.07) is 9.14. The van der Waals surface area contributed by atoms with E-state index in [1.807, 2.05) is 25.3 Å². The van der Waals surface area contributed by atoms with Gasteiger partial charge >= 0.3 is 0 Å². The molecule has 1 amide bonds. The number of aromatic hydroxyl groups is 1. The van der Waals surface area contributed by atoms with E-state index in [0.29, 0.717) is 23.9 Å². The Hall–Kier alpha value is -2.34. The Morgan fingerprint density at radius 2 is 2.29 bits per heavy atom. The summed E-state index contributed by atoms with van der Waals surface area (Å²) in [5.74, 6) is 0.662. The van der Waals surface area contributed by atoms with Crippen LogP contribution in [0.1, 0.15) is 29.4 Å². The lowest BCUT2D eigenvalue weighted by Crippen LogP contribution is -2.31. The Bertz CT molecular complexity index is 698. The van der Waals surface area contributed by atoms with Crippen LogP contribution in [0.4, 0.5) is 0 Å². The molecule has 2 heterocycles. The highest BCUT2D eigenvalue weighted by atomic mass is 16.3. The van der Waals surface area contributed by atoms with Gasteiger partial charge in [0.1, 0.15) is 11.4 Å². The fourth-order valence-electron chi connectivity index (χ4n) is 3.12. The van der Waals surface area contributed by atoms with Crippen molar-refractivity contribution in [2.45, 2.75) is 26.4 Å². The van der Waals surface area contributed by atoms with E-state index in [0.717, 1.165) is 38.2 Å². The number of rotatable bonds is 6. The maximum Gasteiger partial charge on any atom is 0.271 e. The molecule has 0 saturated carbocycles.